The Kier molecular flexibility index (Phi) is 4.07. The van der Waals surface area contributed by atoms with Gasteiger partial charge in [0, 0.05) is 18.3 Å². The Balaban J connectivity index is 1.90. The van der Waals surface area contributed by atoms with E-state index in [2.05, 4.69) is 10.2 Å². The molecular formula is C13H19N5O2. The van der Waals surface area contributed by atoms with Gasteiger partial charge in [-0.05, 0) is 20.8 Å². The zero-order chi connectivity index (χ0) is 14.7. The summed E-state index contributed by atoms with van der Waals surface area (Å²) >= 11 is 0. The Morgan fingerprint density at radius 3 is 2.75 bits per heavy atom. The minimum absolute atomic E-state index is 0.0613. The maximum absolute atomic E-state index is 11.8. The normalized spacial score (nSPS) is 10.8. The zero-order valence-corrected chi connectivity index (χ0v) is 12.0. The van der Waals surface area contributed by atoms with Crippen LogP contribution in [-0.2, 0) is 29.2 Å². The third-order valence-electron chi connectivity index (χ3n) is 3.13. The number of anilines is 1. The van der Waals surface area contributed by atoms with Gasteiger partial charge in [0.25, 0.3) is 0 Å². The Labute approximate surface area is 117 Å². The second kappa shape index (κ2) is 5.77. The number of aromatic nitrogens is 4. The van der Waals surface area contributed by atoms with Crippen molar-refractivity contribution in [2.75, 3.05) is 5.73 Å². The molecule has 20 heavy (non-hydrogen) atoms. The Morgan fingerprint density at radius 1 is 1.45 bits per heavy atom. The van der Waals surface area contributed by atoms with Gasteiger partial charge >= 0.3 is 5.97 Å². The molecule has 0 unspecified atom stereocenters. The van der Waals surface area contributed by atoms with Crippen LogP contribution in [0.5, 0.6) is 0 Å². The number of hydrogen-bond acceptors (Lipinski definition) is 5. The zero-order valence-electron chi connectivity index (χ0n) is 12.0. The van der Waals surface area contributed by atoms with Gasteiger partial charge in [-0.2, -0.15) is 10.2 Å². The van der Waals surface area contributed by atoms with Crippen molar-refractivity contribution in [3.63, 3.8) is 0 Å². The van der Waals surface area contributed by atoms with E-state index in [4.69, 9.17) is 10.5 Å². The largest absolute Gasteiger partial charge is 0.459 e. The van der Waals surface area contributed by atoms with Gasteiger partial charge < -0.3 is 10.5 Å². The quantitative estimate of drug-likeness (QED) is 0.825. The lowest BCUT2D eigenvalue weighted by Crippen LogP contribution is -2.15. The van der Waals surface area contributed by atoms with Crippen molar-refractivity contribution in [1.82, 2.24) is 19.6 Å². The van der Waals surface area contributed by atoms with E-state index in [1.807, 2.05) is 27.0 Å². The smallest absolute Gasteiger partial charge is 0.328 e. The fourth-order valence-corrected chi connectivity index (χ4v) is 1.85. The second-order valence-corrected chi connectivity index (χ2v) is 4.61. The van der Waals surface area contributed by atoms with E-state index < -0.39 is 0 Å². The van der Waals surface area contributed by atoms with E-state index in [0.29, 0.717) is 5.69 Å². The summed E-state index contributed by atoms with van der Waals surface area (Å²) in [5.74, 6) is -0.347. The third kappa shape index (κ3) is 2.98. The molecule has 0 radical (unpaired) electrons. The summed E-state index contributed by atoms with van der Waals surface area (Å²) < 4.78 is 8.54. The molecule has 0 aliphatic rings. The molecule has 2 aromatic rings. The Morgan fingerprint density at radius 2 is 2.20 bits per heavy atom. The molecule has 0 amide bonds. The summed E-state index contributed by atoms with van der Waals surface area (Å²) in [7, 11) is 0. The molecule has 2 N–H and O–H groups in total. The summed E-state index contributed by atoms with van der Waals surface area (Å²) in [5.41, 5.74) is 8.79. The van der Waals surface area contributed by atoms with Crippen LogP contribution in [-0.4, -0.2) is 25.5 Å². The first-order valence-corrected chi connectivity index (χ1v) is 6.47. The van der Waals surface area contributed by atoms with E-state index in [0.717, 1.165) is 23.5 Å². The molecule has 108 valence electrons. The minimum Gasteiger partial charge on any atom is -0.459 e. The predicted molar refractivity (Wildman–Crippen MR) is 73.8 cm³/mol. The molecule has 0 saturated heterocycles. The SMILES string of the molecule is CCn1cc(COC(=O)Cn2nc(C)c(N)c2C)cn1. The molecular weight excluding hydrogens is 258 g/mol. The molecule has 0 saturated carbocycles. The van der Waals surface area contributed by atoms with Gasteiger partial charge in [-0.1, -0.05) is 0 Å². The highest BCUT2D eigenvalue weighted by molar-refractivity contribution is 5.69. The molecule has 7 nitrogen and oxygen atoms in total. The number of nitrogen functional groups attached to an aromatic ring is 1. The van der Waals surface area contributed by atoms with Gasteiger partial charge in [-0.15, -0.1) is 0 Å². The maximum atomic E-state index is 11.8. The average molecular weight is 277 g/mol. The van der Waals surface area contributed by atoms with Crippen LogP contribution >= 0.6 is 0 Å². The highest BCUT2D eigenvalue weighted by atomic mass is 16.5. The monoisotopic (exact) mass is 277 g/mol. The molecule has 0 aliphatic heterocycles. The highest BCUT2D eigenvalue weighted by Gasteiger charge is 2.12. The van der Waals surface area contributed by atoms with Gasteiger partial charge in [0.1, 0.15) is 13.2 Å². The molecule has 0 aromatic carbocycles. The predicted octanol–water partition coefficient (Wildman–Crippen LogP) is 1.04. The summed E-state index contributed by atoms with van der Waals surface area (Å²) in [6, 6.07) is 0. The fraction of sp³-hybridized carbons (Fsp3) is 0.462. The first kappa shape index (κ1) is 14.1. The molecule has 7 heteroatoms. The van der Waals surface area contributed by atoms with Crippen LogP contribution in [0.4, 0.5) is 5.69 Å². The van der Waals surface area contributed by atoms with E-state index in [1.54, 1.807) is 15.6 Å². The molecule has 0 atom stereocenters. The van der Waals surface area contributed by atoms with Gasteiger partial charge in [-0.3, -0.25) is 14.2 Å². The number of hydrogen-bond donors (Lipinski definition) is 1. The number of esters is 1. The van der Waals surface area contributed by atoms with Crippen molar-refractivity contribution < 1.29 is 9.53 Å². The molecule has 0 aliphatic carbocycles. The molecule has 0 spiro atoms. The van der Waals surface area contributed by atoms with Crippen LogP contribution in [0.25, 0.3) is 0 Å². The molecule has 0 bridgehead atoms. The fourth-order valence-electron chi connectivity index (χ4n) is 1.85. The number of ether oxygens (including phenoxy) is 1. The van der Waals surface area contributed by atoms with Crippen molar-refractivity contribution in [1.29, 1.82) is 0 Å². The summed E-state index contributed by atoms with van der Waals surface area (Å²) in [6.07, 6.45) is 3.55. The number of nitrogens with two attached hydrogens (primary N) is 1. The van der Waals surface area contributed by atoms with Crippen LogP contribution in [0.1, 0.15) is 23.9 Å². The average Bonchev–Trinajstić information content (AvgIpc) is 2.98. The van der Waals surface area contributed by atoms with Gasteiger partial charge in [0.15, 0.2) is 0 Å². The van der Waals surface area contributed by atoms with Crippen LogP contribution < -0.4 is 5.73 Å². The summed E-state index contributed by atoms with van der Waals surface area (Å²) in [6.45, 7) is 6.70. The lowest BCUT2D eigenvalue weighted by Gasteiger charge is -2.05. The molecule has 2 rings (SSSR count). The minimum atomic E-state index is -0.347. The highest BCUT2D eigenvalue weighted by Crippen LogP contribution is 2.14. The number of aryl methyl sites for hydroxylation is 2. The summed E-state index contributed by atoms with van der Waals surface area (Å²) in [5, 5.41) is 8.31. The van der Waals surface area contributed by atoms with Crippen LogP contribution in [0.15, 0.2) is 12.4 Å². The van der Waals surface area contributed by atoms with Crippen molar-refractivity contribution in [3.8, 4) is 0 Å². The van der Waals surface area contributed by atoms with Crippen LogP contribution in [0.3, 0.4) is 0 Å². The molecule has 0 fully saturated rings. The standard InChI is InChI=1S/C13H19N5O2/c1-4-17-6-11(5-15-17)8-20-12(19)7-18-10(3)13(14)9(2)16-18/h5-6H,4,7-8,14H2,1-3H3. The molecule has 2 aromatic heterocycles. The Hall–Kier alpha value is -2.31. The van der Waals surface area contributed by atoms with Gasteiger partial charge in [-0.25, -0.2) is 0 Å². The number of rotatable bonds is 5. The van der Waals surface area contributed by atoms with Crippen LogP contribution in [0.2, 0.25) is 0 Å². The third-order valence-corrected chi connectivity index (χ3v) is 3.13. The lowest BCUT2D eigenvalue weighted by molar-refractivity contribution is -0.145. The summed E-state index contributed by atoms with van der Waals surface area (Å²) in [4.78, 5) is 11.8. The van der Waals surface area contributed by atoms with E-state index in [1.165, 1.54) is 0 Å². The first-order chi connectivity index (χ1) is 9.51. The number of carbonyl (C=O) groups is 1. The van der Waals surface area contributed by atoms with E-state index in [9.17, 15) is 4.79 Å². The van der Waals surface area contributed by atoms with Crippen molar-refractivity contribution >= 4 is 11.7 Å². The van der Waals surface area contributed by atoms with Crippen LogP contribution in [0, 0.1) is 13.8 Å². The molecule has 2 heterocycles. The maximum Gasteiger partial charge on any atom is 0.328 e. The van der Waals surface area contributed by atoms with Gasteiger partial charge in [0.2, 0.25) is 0 Å². The first-order valence-electron chi connectivity index (χ1n) is 6.47. The van der Waals surface area contributed by atoms with Crippen molar-refractivity contribution in [3.05, 3.63) is 29.3 Å². The second-order valence-electron chi connectivity index (χ2n) is 4.61. The number of nitrogens with zero attached hydrogens (tertiary/aromatic N) is 4. The number of carbonyl (C=O) groups excluding carboxylic acids is 1. The van der Waals surface area contributed by atoms with Crippen molar-refractivity contribution in [2.24, 2.45) is 0 Å². The van der Waals surface area contributed by atoms with E-state index >= 15 is 0 Å². The van der Waals surface area contributed by atoms with E-state index in [-0.39, 0.29) is 19.1 Å². The van der Waals surface area contributed by atoms with Crippen molar-refractivity contribution in [2.45, 2.75) is 40.5 Å². The topological polar surface area (TPSA) is 88.0 Å². The lowest BCUT2D eigenvalue weighted by atomic mass is 10.3. The Bertz CT molecular complexity index is 614. The van der Waals surface area contributed by atoms with Gasteiger partial charge in [0.05, 0.1) is 23.3 Å².